The van der Waals surface area contributed by atoms with Crippen molar-refractivity contribution in [3.8, 4) is 0 Å². The van der Waals surface area contributed by atoms with Crippen LogP contribution in [0.15, 0.2) is 30.3 Å². The van der Waals surface area contributed by atoms with Gasteiger partial charge < -0.3 is 15.6 Å². The van der Waals surface area contributed by atoms with E-state index in [1.807, 2.05) is 30.3 Å². The van der Waals surface area contributed by atoms with Gasteiger partial charge in [-0.1, -0.05) is 30.3 Å². The predicted octanol–water partition coefficient (Wildman–Crippen LogP) is 0.399. The molecule has 0 fully saturated rings. The molecule has 98 valence electrons. The van der Waals surface area contributed by atoms with E-state index in [-0.39, 0.29) is 6.42 Å². The maximum atomic E-state index is 11.3. The second-order valence-corrected chi connectivity index (χ2v) is 4.13. The van der Waals surface area contributed by atoms with E-state index in [1.54, 1.807) is 0 Å². The van der Waals surface area contributed by atoms with Crippen LogP contribution in [0, 0.1) is 0 Å². The third kappa shape index (κ3) is 3.85. The molecule has 18 heavy (non-hydrogen) atoms. The van der Waals surface area contributed by atoms with E-state index in [1.165, 1.54) is 7.11 Å². The average Bonchev–Trinajstić information content (AvgIpc) is 2.37. The molecule has 0 radical (unpaired) electrons. The van der Waals surface area contributed by atoms with Crippen molar-refractivity contribution in [2.24, 2.45) is 5.73 Å². The number of ether oxygens (including phenoxy) is 1. The Labute approximate surface area is 106 Å². The molecule has 0 saturated heterocycles. The van der Waals surface area contributed by atoms with Gasteiger partial charge in [0.05, 0.1) is 13.5 Å². The van der Waals surface area contributed by atoms with Crippen LogP contribution < -0.4 is 5.73 Å². The number of hydrogen-bond donors (Lipinski definition) is 2. The van der Waals surface area contributed by atoms with Crippen LogP contribution in [0.5, 0.6) is 0 Å². The summed E-state index contributed by atoms with van der Waals surface area (Å²) in [6.45, 7) is 0. The monoisotopic (exact) mass is 251 g/mol. The Balaban J connectivity index is 2.68. The Morgan fingerprint density at radius 3 is 2.44 bits per heavy atom. The lowest BCUT2D eigenvalue weighted by Gasteiger charge is -2.23. The van der Waals surface area contributed by atoms with Gasteiger partial charge in [0.15, 0.2) is 5.60 Å². The number of amides is 1. The van der Waals surface area contributed by atoms with Crippen LogP contribution in [0.3, 0.4) is 0 Å². The zero-order valence-electron chi connectivity index (χ0n) is 10.3. The van der Waals surface area contributed by atoms with Crippen molar-refractivity contribution in [2.75, 3.05) is 7.11 Å². The number of methoxy groups -OCH3 is 1. The van der Waals surface area contributed by atoms with Crippen molar-refractivity contribution in [1.82, 2.24) is 0 Å². The summed E-state index contributed by atoms with van der Waals surface area (Å²) in [5, 5.41) is 10.1. The predicted molar refractivity (Wildman–Crippen MR) is 65.5 cm³/mol. The molecule has 1 atom stereocenters. The lowest BCUT2D eigenvalue weighted by molar-refractivity contribution is -0.153. The summed E-state index contributed by atoms with van der Waals surface area (Å²) in [7, 11) is 1.20. The SMILES string of the molecule is COC(=O)CC(O)(CCc1ccccc1)C(N)=O. The van der Waals surface area contributed by atoms with Gasteiger partial charge in [-0.2, -0.15) is 0 Å². The average molecular weight is 251 g/mol. The van der Waals surface area contributed by atoms with Crippen molar-refractivity contribution < 1.29 is 19.4 Å². The molecule has 0 aliphatic rings. The molecular weight excluding hydrogens is 234 g/mol. The molecule has 1 amide bonds. The van der Waals surface area contributed by atoms with Gasteiger partial charge in [0.25, 0.3) is 0 Å². The van der Waals surface area contributed by atoms with Gasteiger partial charge in [-0.25, -0.2) is 0 Å². The second kappa shape index (κ2) is 6.16. The smallest absolute Gasteiger partial charge is 0.308 e. The summed E-state index contributed by atoms with van der Waals surface area (Å²) in [5.41, 5.74) is 4.24. The number of carbonyl (C=O) groups excluding carboxylic acids is 2. The molecular formula is C13H17NO4. The zero-order valence-corrected chi connectivity index (χ0v) is 10.3. The summed E-state index contributed by atoms with van der Waals surface area (Å²) in [5.74, 6) is -1.58. The first-order valence-corrected chi connectivity index (χ1v) is 5.61. The maximum Gasteiger partial charge on any atom is 0.308 e. The van der Waals surface area contributed by atoms with Crippen LogP contribution in [0.2, 0.25) is 0 Å². The Bertz CT molecular complexity index is 418. The Kier molecular flexibility index (Phi) is 4.85. The Hall–Kier alpha value is -1.88. The van der Waals surface area contributed by atoms with E-state index in [0.29, 0.717) is 6.42 Å². The molecule has 1 aromatic carbocycles. The van der Waals surface area contributed by atoms with Gasteiger partial charge in [-0.3, -0.25) is 9.59 Å². The number of aliphatic hydroxyl groups is 1. The van der Waals surface area contributed by atoms with Gasteiger partial charge >= 0.3 is 5.97 Å². The summed E-state index contributed by atoms with van der Waals surface area (Å²) in [6.07, 6.45) is 0.115. The first kappa shape index (κ1) is 14.2. The highest BCUT2D eigenvalue weighted by molar-refractivity contribution is 5.88. The van der Waals surface area contributed by atoms with E-state index in [0.717, 1.165) is 5.56 Å². The second-order valence-electron chi connectivity index (χ2n) is 4.13. The number of carbonyl (C=O) groups is 2. The molecule has 0 aromatic heterocycles. The van der Waals surface area contributed by atoms with Crippen molar-refractivity contribution in [3.63, 3.8) is 0 Å². The van der Waals surface area contributed by atoms with Crippen LogP contribution in [0.25, 0.3) is 0 Å². The van der Waals surface area contributed by atoms with Gasteiger partial charge in [-0.05, 0) is 18.4 Å². The molecule has 3 N–H and O–H groups in total. The minimum atomic E-state index is -1.86. The molecule has 5 nitrogen and oxygen atoms in total. The molecule has 0 saturated carbocycles. The van der Waals surface area contributed by atoms with Gasteiger partial charge in [0, 0.05) is 0 Å². The van der Waals surface area contributed by atoms with E-state index in [9.17, 15) is 14.7 Å². The topological polar surface area (TPSA) is 89.6 Å². The lowest BCUT2D eigenvalue weighted by atomic mass is 9.91. The maximum absolute atomic E-state index is 11.3. The summed E-state index contributed by atoms with van der Waals surface area (Å²) in [4.78, 5) is 22.4. The normalized spacial score (nSPS) is 13.7. The molecule has 0 bridgehead atoms. The fourth-order valence-corrected chi connectivity index (χ4v) is 1.61. The minimum absolute atomic E-state index is 0.0848. The molecule has 1 unspecified atom stereocenters. The third-order valence-corrected chi connectivity index (χ3v) is 2.79. The van der Waals surface area contributed by atoms with E-state index in [2.05, 4.69) is 4.74 Å². The minimum Gasteiger partial charge on any atom is -0.469 e. The number of hydrogen-bond acceptors (Lipinski definition) is 4. The van der Waals surface area contributed by atoms with Crippen molar-refractivity contribution in [1.29, 1.82) is 0 Å². The first-order chi connectivity index (χ1) is 8.48. The molecule has 0 heterocycles. The fourth-order valence-electron chi connectivity index (χ4n) is 1.61. The van der Waals surface area contributed by atoms with Gasteiger partial charge in [0.2, 0.25) is 5.91 Å². The quantitative estimate of drug-likeness (QED) is 0.716. The highest BCUT2D eigenvalue weighted by Gasteiger charge is 2.36. The fraction of sp³-hybridized carbons (Fsp3) is 0.385. The lowest BCUT2D eigenvalue weighted by Crippen LogP contribution is -2.46. The van der Waals surface area contributed by atoms with Crippen LogP contribution in [-0.4, -0.2) is 29.7 Å². The number of aryl methyl sites for hydroxylation is 1. The largest absolute Gasteiger partial charge is 0.469 e. The third-order valence-electron chi connectivity index (χ3n) is 2.79. The van der Waals surface area contributed by atoms with E-state index in [4.69, 9.17) is 5.73 Å². The highest BCUT2D eigenvalue weighted by atomic mass is 16.5. The number of rotatable bonds is 6. The number of nitrogens with two attached hydrogens (primary N) is 1. The van der Waals surface area contributed by atoms with Crippen LogP contribution in [0.4, 0.5) is 0 Å². The number of primary amides is 1. The van der Waals surface area contributed by atoms with Crippen LogP contribution in [0.1, 0.15) is 18.4 Å². The van der Waals surface area contributed by atoms with Crippen LogP contribution >= 0.6 is 0 Å². The Morgan fingerprint density at radius 1 is 1.33 bits per heavy atom. The van der Waals surface area contributed by atoms with Gasteiger partial charge in [-0.15, -0.1) is 0 Å². The van der Waals surface area contributed by atoms with Crippen molar-refractivity contribution in [2.45, 2.75) is 24.9 Å². The standard InChI is InChI=1S/C13H17NO4/c1-18-11(15)9-13(17,12(14)16)8-7-10-5-3-2-4-6-10/h2-6,17H,7-9H2,1H3,(H2,14,16). The molecule has 0 aliphatic heterocycles. The molecule has 1 aromatic rings. The Morgan fingerprint density at radius 2 is 1.94 bits per heavy atom. The molecule has 5 heteroatoms. The van der Waals surface area contributed by atoms with Crippen molar-refractivity contribution in [3.05, 3.63) is 35.9 Å². The van der Waals surface area contributed by atoms with Crippen molar-refractivity contribution >= 4 is 11.9 Å². The molecule has 1 rings (SSSR count). The molecule has 0 spiro atoms. The number of benzene rings is 1. The molecule has 0 aliphatic carbocycles. The summed E-state index contributed by atoms with van der Waals surface area (Å²) < 4.78 is 4.44. The zero-order chi connectivity index (χ0) is 13.6. The van der Waals surface area contributed by atoms with E-state index >= 15 is 0 Å². The van der Waals surface area contributed by atoms with Gasteiger partial charge in [0.1, 0.15) is 0 Å². The number of esters is 1. The summed E-state index contributed by atoms with van der Waals surface area (Å²) in [6, 6.07) is 9.34. The summed E-state index contributed by atoms with van der Waals surface area (Å²) >= 11 is 0. The van der Waals surface area contributed by atoms with E-state index < -0.39 is 23.9 Å². The van der Waals surface area contributed by atoms with Crippen LogP contribution in [-0.2, 0) is 20.7 Å². The highest BCUT2D eigenvalue weighted by Crippen LogP contribution is 2.19. The first-order valence-electron chi connectivity index (χ1n) is 5.61.